The number of carbonyl (C=O) groups excluding carboxylic acids is 1. The van der Waals surface area contributed by atoms with Gasteiger partial charge in [-0.05, 0) is 49.6 Å². The van der Waals surface area contributed by atoms with E-state index >= 15 is 0 Å². The zero-order chi connectivity index (χ0) is 20.4. The molecule has 4 rings (SSSR count). The molecule has 0 atom stereocenters. The van der Waals surface area contributed by atoms with E-state index in [4.69, 9.17) is 4.42 Å². The molecule has 152 valence electrons. The molecule has 29 heavy (non-hydrogen) atoms. The van der Waals surface area contributed by atoms with E-state index in [-0.39, 0.29) is 27.6 Å². The van der Waals surface area contributed by atoms with Gasteiger partial charge in [-0.1, -0.05) is 0 Å². The minimum absolute atomic E-state index is 0.0268. The molecule has 3 aromatic rings. The quantitative estimate of drug-likeness (QED) is 0.657. The largest absolute Gasteiger partial charge is 0.412 e. The summed E-state index contributed by atoms with van der Waals surface area (Å²) in [6.07, 6.45) is 2.98. The highest BCUT2D eigenvalue weighted by Crippen LogP contribution is 2.29. The van der Waals surface area contributed by atoms with Crippen molar-refractivity contribution in [1.29, 1.82) is 0 Å². The molecule has 0 spiro atoms. The molecule has 1 N–H and O–H groups in total. The topological polar surface area (TPSA) is 105 Å². The van der Waals surface area contributed by atoms with Crippen LogP contribution in [-0.2, 0) is 10.0 Å². The van der Waals surface area contributed by atoms with E-state index in [1.54, 1.807) is 10.3 Å². The van der Waals surface area contributed by atoms with Crippen LogP contribution in [0.5, 0.6) is 0 Å². The number of nitrogens with zero attached hydrogens (tertiary/aromatic N) is 3. The number of amides is 1. The highest BCUT2D eigenvalue weighted by atomic mass is 32.2. The number of rotatable bonds is 5. The molecular formula is C18H17FN4O4S2. The first-order valence-electron chi connectivity index (χ1n) is 8.92. The molecule has 0 aliphatic carbocycles. The maximum atomic E-state index is 13.0. The van der Waals surface area contributed by atoms with Gasteiger partial charge in [-0.2, -0.15) is 0 Å². The van der Waals surface area contributed by atoms with E-state index in [2.05, 4.69) is 14.9 Å². The summed E-state index contributed by atoms with van der Waals surface area (Å²) in [6.45, 7) is 1.32. The van der Waals surface area contributed by atoms with Crippen molar-refractivity contribution in [3.8, 4) is 11.5 Å². The van der Waals surface area contributed by atoms with Gasteiger partial charge in [-0.15, -0.1) is 21.5 Å². The van der Waals surface area contributed by atoms with Crippen LogP contribution in [0, 0.1) is 5.82 Å². The molecule has 0 saturated carbocycles. The third kappa shape index (κ3) is 4.30. The van der Waals surface area contributed by atoms with Crippen molar-refractivity contribution in [3.63, 3.8) is 0 Å². The van der Waals surface area contributed by atoms with E-state index < -0.39 is 15.8 Å². The molecule has 11 heteroatoms. The van der Waals surface area contributed by atoms with Gasteiger partial charge < -0.3 is 9.32 Å². The fourth-order valence-corrected chi connectivity index (χ4v) is 5.16. The van der Waals surface area contributed by atoms with Crippen molar-refractivity contribution in [2.45, 2.75) is 23.5 Å². The second kappa shape index (κ2) is 7.91. The molecule has 0 radical (unpaired) electrons. The van der Waals surface area contributed by atoms with Crippen LogP contribution in [0.15, 0.2) is 44.3 Å². The maximum absolute atomic E-state index is 13.0. The highest BCUT2D eigenvalue weighted by molar-refractivity contribution is 7.94. The van der Waals surface area contributed by atoms with E-state index in [9.17, 15) is 17.6 Å². The Balaban J connectivity index is 1.51. The molecule has 1 fully saturated rings. The Hall–Kier alpha value is -2.79. The number of hydrogen-bond donors (Lipinski definition) is 1. The number of anilines is 1. The summed E-state index contributed by atoms with van der Waals surface area (Å²) in [5.41, 5.74) is 0.647. The SMILES string of the molecule is O=C(c1nnc(-c2csc(S(=O)(=O)Nc3ccc(F)cc3)c2)o1)N1CCCCC1. The number of halogens is 1. The van der Waals surface area contributed by atoms with Crippen molar-refractivity contribution >= 4 is 33.0 Å². The van der Waals surface area contributed by atoms with Crippen LogP contribution < -0.4 is 4.72 Å². The van der Waals surface area contributed by atoms with Crippen LogP contribution in [0.4, 0.5) is 10.1 Å². The Morgan fingerprint density at radius 2 is 1.86 bits per heavy atom. The molecule has 0 unspecified atom stereocenters. The summed E-state index contributed by atoms with van der Waals surface area (Å²) in [4.78, 5) is 14.1. The number of aromatic nitrogens is 2. The molecule has 3 heterocycles. The molecule has 0 bridgehead atoms. The first-order valence-corrected chi connectivity index (χ1v) is 11.3. The lowest BCUT2D eigenvalue weighted by Gasteiger charge is -2.24. The molecule has 8 nitrogen and oxygen atoms in total. The van der Waals surface area contributed by atoms with E-state index in [1.807, 2.05) is 0 Å². The summed E-state index contributed by atoms with van der Waals surface area (Å²) in [6, 6.07) is 6.38. The standard InChI is InChI=1S/C18H17FN4O4S2/c19-13-4-6-14(7-5-13)22-29(25,26)15-10-12(11-28-15)16-20-21-17(27-16)18(24)23-8-2-1-3-9-23/h4-7,10-11,22H,1-3,8-9H2. The number of thiophene rings is 1. The minimum atomic E-state index is -3.86. The number of nitrogens with one attached hydrogen (secondary N) is 1. The second-order valence-electron chi connectivity index (χ2n) is 6.53. The van der Waals surface area contributed by atoms with Gasteiger partial charge in [0.25, 0.3) is 10.0 Å². The smallest absolute Gasteiger partial charge is 0.311 e. The third-order valence-corrected chi connectivity index (χ3v) is 7.26. The van der Waals surface area contributed by atoms with Crippen LogP contribution in [0.3, 0.4) is 0 Å². The van der Waals surface area contributed by atoms with Crippen LogP contribution in [0.25, 0.3) is 11.5 Å². The van der Waals surface area contributed by atoms with Crippen molar-refractivity contribution < 1.29 is 22.0 Å². The Bertz CT molecular complexity index is 1120. The fraction of sp³-hybridized carbons (Fsp3) is 0.278. The van der Waals surface area contributed by atoms with Crippen molar-refractivity contribution in [3.05, 3.63) is 47.4 Å². The Morgan fingerprint density at radius 3 is 2.59 bits per heavy atom. The Kier molecular flexibility index (Phi) is 5.33. The molecule has 1 saturated heterocycles. The van der Waals surface area contributed by atoms with Gasteiger partial charge >= 0.3 is 11.8 Å². The average Bonchev–Trinajstić information content (AvgIpc) is 3.40. The van der Waals surface area contributed by atoms with Gasteiger partial charge in [0, 0.05) is 24.2 Å². The third-order valence-electron chi connectivity index (χ3n) is 4.43. The van der Waals surface area contributed by atoms with Crippen molar-refractivity contribution in [1.82, 2.24) is 15.1 Å². The highest BCUT2D eigenvalue weighted by Gasteiger charge is 2.25. The first-order chi connectivity index (χ1) is 13.9. The van der Waals surface area contributed by atoms with Crippen LogP contribution in [0.1, 0.15) is 29.9 Å². The number of carbonyl (C=O) groups is 1. The lowest BCUT2D eigenvalue weighted by Crippen LogP contribution is -2.35. The zero-order valence-corrected chi connectivity index (χ0v) is 16.8. The molecule has 2 aromatic heterocycles. The van der Waals surface area contributed by atoms with Gasteiger partial charge in [0.2, 0.25) is 5.89 Å². The lowest BCUT2D eigenvalue weighted by molar-refractivity contribution is 0.0684. The molecule has 1 aliphatic heterocycles. The number of likely N-dealkylation sites (tertiary alicyclic amines) is 1. The van der Waals surface area contributed by atoms with Gasteiger partial charge in [0.1, 0.15) is 10.0 Å². The van der Waals surface area contributed by atoms with Crippen LogP contribution in [-0.4, -0.2) is 42.5 Å². The number of hydrogen-bond acceptors (Lipinski definition) is 7. The zero-order valence-electron chi connectivity index (χ0n) is 15.2. The Morgan fingerprint density at radius 1 is 1.14 bits per heavy atom. The van der Waals surface area contributed by atoms with E-state index in [0.29, 0.717) is 18.7 Å². The number of sulfonamides is 1. The average molecular weight is 436 g/mol. The van der Waals surface area contributed by atoms with Crippen LogP contribution in [0.2, 0.25) is 0 Å². The first kappa shape index (κ1) is 19.5. The van der Waals surface area contributed by atoms with Crippen molar-refractivity contribution in [2.75, 3.05) is 17.8 Å². The van der Waals surface area contributed by atoms with Gasteiger partial charge in [0.05, 0.1) is 5.56 Å². The lowest BCUT2D eigenvalue weighted by atomic mass is 10.1. The van der Waals surface area contributed by atoms with Gasteiger partial charge in [0.15, 0.2) is 0 Å². The monoisotopic (exact) mass is 436 g/mol. The minimum Gasteiger partial charge on any atom is -0.412 e. The summed E-state index contributed by atoms with van der Waals surface area (Å²) < 4.78 is 45.9. The Labute approximate surface area is 170 Å². The number of benzene rings is 1. The molecule has 1 aromatic carbocycles. The summed E-state index contributed by atoms with van der Waals surface area (Å²) in [5, 5.41) is 9.25. The molecule has 1 amide bonds. The fourth-order valence-electron chi connectivity index (χ4n) is 2.95. The molecule has 1 aliphatic rings. The normalized spacial score (nSPS) is 14.7. The second-order valence-corrected chi connectivity index (χ2v) is 9.35. The summed E-state index contributed by atoms with van der Waals surface area (Å²) in [5.74, 6) is -0.811. The van der Waals surface area contributed by atoms with E-state index in [1.165, 1.54) is 18.2 Å². The van der Waals surface area contributed by atoms with E-state index in [0.717, 1.165) is 42.7 Å². The predicted octanol–water partition coefficient (Wildman–Crippen LogP) is 3.36. The summed E-state index contributed by atoms with van der Waals surface area (Å²) in [7, 11) is -3.86. The number of piperidine rings is 1. The summed E-state index contributed by atoms with van der Waals surface area (Å²) >= 11 is 0.972. The van der Waals surface area contributed by atoms with Crippen LogP contribution >= 0.6 is 11.3 Å². The van der Waals surface area contributed by atoms with Crippen molar-refractivity contribution in [2.24, 2.45) is 0 Å². The van der Waals surface area contributed by atoms with Gasteiger partial charge in [-0.3, -0.25) is 9.52 Å². The molecular weight excluding hydrogens is 419 g/mol. The maximum Gasteiger partial charge on any atom is 0.311 e. The van der Waals surface area contributed by atoms with Gasteiger partial charge in [-0.25, -0.2) is 12.8 Å². The predicted molar refractivity (Wildman–Crippen MR) is 105 cm³/mol.